The average Bonchev–Trinajstić information content (AvgIpc) is 3.34. The van der Waals surface area contributed by atoms with Gasteiger partial charge in [-0.05, 0) is 37.5 Å². The Hall–Kier alpha value is -2.75. The van der Waals surface area contributed by atoms with E-state index in [1.165, 1.54) is 0 Å². The lowest BCUT2D eigenvalue weighted by Crippen LogP contribution is -2.51. The molecule has 1 aromatic heterocycles. The van der Waals surface area contributed by atoms with Gasteiger partial charge in [-0.2, -0.15) is 0 Å². The number of benzene rings is 1. The van der Waals surface area contributed by atoms with Gasteiger partial charge in [-0.15, -0.1) is 10.2 Å². The number of rotatable bonds is 5. The molecule has 4 rings (SSSR count). The lowest BCUT2D eigenvalue weighted by molar-refractivity contribution is -0.138. The van der Waals surface area contributed by atoms with Crippen molar-refractivity contribution in [1.29, 1.82) is 0 Å². The van der Waals surface area contributed by atoms with Crippen LogP contribution in [0.3, 0.4) is 0 Å². The third kappa shape index (κ3) is 3.70. The van der Waals surface area contributed by atoms with Crippen LogP contribution in [0.1, 0.15) is 19.3 Å². The first-order valence-corrected chi connectivity index (χ1v) is 9.55. The van der Waals surface area contributed by atoms with E-state index < -0.39 is 11.9 Å². The fourth-order valence-electron chi connectivity index (χ4n) is 3.15. The molecule has 10 heteroatoms. The number of likely N-dealkylation sites (tertiary alicyclic amines) is 1. The first-order valence-electron chi connectivity index (χ1n) is 8.57. The summed E-state index contributed by atoms with van der Waals surface area (Å²) in [5.41, 5.74) is 6.11. The fraction of sp³-hybridized carbons (Fsp3) is 0.412. The summed E-state index contributed by atoms with van der Waals surface area (Å²) in [7, 11) is 0. The second kappa shape index (κ2) is 7.47. The van der Waals surface area contributed by atoms with Crippen molar-refractivity contribution in [3.8, 4) is 23.0 Å². The van der Waals surface area contributed by atoms with Crippen LogP contribution in [0.5, 0.6) is 11.5 Å². The third-order valence-corrected chi connectivity index (χ3v) is 5.30. The lowest BCUT2D eigenvalue weighted by atomic mass is 10.0. The van der Waals surface area contributed by atoms with Gasteiger partial charge < -0.3 is 24.5 Å². The molecule has 0 aliphatic carbocycles. The van der Waals surface area contributed by atoms with Gasteiger partial charge in [0, 0.05) is 12.1 Å². The molecular weight excluding hydrogens is 372 g/mol. The molecule has 9 nitrogen and oxygen atoms in total. The van der Waals surface area contributed by atoms with Crippen molar-refractivity contribution in [2.24, 2.45) is 5.73 Å². The maximum Gasteiger partial charge on any atom is 0.277 e. The molecule has 2 aliphatic heterocycles. The van der Waals surface area contributed by atoms with E-state index in [1.54, 1.807) is 23.1 Å². The maximum atomic E-state index is 12.5. The van der Waals surface area contributed by atoms with E-state index in [1.807, 2.05) is 0 Å². The van der Waals surface area contributed by atoms with Crippen molar-refractivity contribution in [2.45, 2.75) is 30.5 Å². The van der Waals surface area contributed by atoms with E-state index in [0.29, 0.717) is 35.9 Å². The Labute approximate surface area is 159 Å². The molecule has 1 fully saturated rings. The Balaban J connectivity index is 1.39. The fourth-order valence-corrected chi connectivity index (χ4v) is 3.80. The number of primary amides is 1. The highest BCUT2D eigenvalue weighted by atomic mass is 32.2. The molecule has 3 heterocycles. The molecular formula is C17H18N4O5S. The van der Waals surface area contributed by atoms with Crippen LogP contribution in [-0.4, -0.2) is 52.0 Å². The van der Waals surface area contributed by atoms with Crippen LogP contribution in [0, 0.1) is 0 Å². The number of fused-ring (bicyclic) bond motifs is 1. The molecule has 2 aromatic rings. The van der Waals surface area contributed by atoms with Gasteiger partial charge >= 0.3 is 0 Å². The topological polar surface area (TPSA) is 121 Å². The molecule has 2 N–H and O–H groups in total. The smallest absolute Gasteiger partial charge is 0.277 e. The summed E-state index contributed by atoms with van der Waals surface area (Å²) >= 11 is 1.14. The minimum Gasteiger partial charge on any atom is -0.454 e. The number of thioether (sulfide) groups is 1. The number of nitrogens with zero attached hydrogens (tertiary/aromatic N) is 3. The Morgan fingerprint density at radius 3 is 2.93 bits per heavy atom. The van der Waals surface area contributed by atoms with Gasteiger partial charge in [-0.3, -0.25) is 9.59 Å². The second-order valence-corrected chi connectivity index (χ2v) is 7.16. The number of aromatic nitrogens is 2. The van der Waals surface area contributed by atoms with E-state index in [0.717, 1.165) is 24.6 Å². The van der Waals surface area contributed by atoms with Gasteiger partial charge in [-0.1, -0.05) is 11.8 Å². The van der Waals surface area contributed by atoms with Gasteiger partial charge in [0.15, 0.2) is 11.5 Å². The second-order valence-electron chi connectivity index (χ2n) is 6.23. The summed E-state index contributed by atoms with van der Waals surface area (Å²) in [6.45, 7) is 0.730. The quantitative estimate of drug-likeness (QED) is 0.761. The first-order chi connectivity index (χ1) is 13.1. The van der Waals surface area contributed by atoms with Crippen molar-refractivity contribution in [3.63, 3.8) is 0 Å². The van der Waals surface area contributed by atoms with Gasteiger partial charge in [0.25, 0.3) is 5.22 Å². The molecule has 27 heavy (non-hydrogen) atoms. The highest BCUT2D eigenvalue weighted by Crippen LogP contribution is 2.36. The molecule has 1 atom stereocenters. The summed E-state index contributed by atoms with van der Waals surface area (Å²) in [5.74, 6) is 1.10. The monoisotopic (exact) mass is 390 g/mol. The summed E-state index contributed by atoms with van der Waals surface area (Å²) in [6.07, 6.45) is 2.38. The zero-order valence-electron chi connectivity index (χ0n) is 14.4. The molecule has 0 unspecified atom stereocenters. The number of carbonyl (C=O) groups is 2. The van der Waals surface area contributed by atoms with Gasteiger partial charge in [0.1, 0.15) is 6.04 Å². The van der Waals surface area contributed by atoms with Crippen LogP contribution >= 0.6 is 11.8 Å². The molecule has 0 saturated carbocycles. The van der Waals surface area contributed by atoms with E-state index in [4.69, 9.17) is 19.6 Å². The largest absolute Gasteiger partial charge is 0.454 e. The maximum absolute atomic E-state index is 12.5. The van der Waals surface area contributed by atoms with Crippen molar-refractivity contribution < 1.29 is 23.5 Å². The van der Waals surface area contributed by atoms with E-state index in [9.17, 15) is 9.59 Å². The SMILES string of the molecule is NC(=O)[C@H]1CCCCN1C(=O)CSc1nnc(-c2ccc3c(c2)OCO3)o1. The standard InChI is InChI=1S/C17H18N4O5S/c18-15(23)11-3-1-2-6-21(11)14(22)8-27-17-20-19-16(26-17)10-4-5-12-13(7-10)25-9-24-12/h4-5,7,11H,1-3,6,8-9H2,(H2,18,23)/t11-/m1/s1. The van der Waals surface area contributed by atoms with Crippen molar-refractivity contribution in [2.75, 3.05) is 19.1 Å². The van der Waals surface area contributed by atoms with Gasteiger partial charge in [0.05, 0.1) is 5.75 Å². The number of amides is 2. The van der Waals surface area contributed by atoms with Gasteiger partial charge in [0.2, 0.25) is 24.5 Å². The Bertz CT molecular complexity index is 871. The van der Waals surface area contributed by atoms with Crippen molar-refractivity contribution in [1.82, 2.24) is 15.1 Å². The van der Waals surface area contributed by atoms with Crippen molar-refractivity contribution >= 4 is 23.6 Å². The number of hydrogen-bond donors (Lipinski definition) is 1. The molecule has 1 saturated heterocycles. The molecule has 0 radical (unpaired) electrons. The number of carbonyl (C=O) groups excluding carboxylic acids is 2. The molecule has 2 amide bonds. The van der Waals surface area contributed by atoms with E-state index >= 15 is 0 Å². The van der Waals surface area contributed by atoms with Crippen LogP contribution < -0.4 is 15.2 Å². The average molecular weight is 390 g/mol. The summed E-state index contributed by atoms with van der Waals surface area (Å²) < 4.78 is 16.2. The lowest BCUT2D eigenvalue weighted by Gasteiger charge is -2.33. The number of ether oxygens (including phenoxy) is 2. The van der Waals surface area contributed by atoms with E-state index in [2.05, 4.69) is 10.2 Å². The molecule has 0 bridgehead atoms. The van der Waals surface area contributed by atoms with Crippen LogP contribution in [0.4, 0.5) is 0 Å². The van der Waals surface area contributed by atoms with Crippen LogP contribution in [0.25, 0.3) is 11.5 Å². The van der Waals surface area contributed by atoms with Crippen LogP contribution in [-0.2, 0) is 9.59 Å². The molecule has 1 aromatic carbocycles. The number of nitrogens with two attached hydrogens (primary N) is 1. The highest BCUT2D eigenvalue weighted by Gasteiger charge is 2.30. The van der Waals surface area contributed by atoms with Crippen LogP contribution in [0.2, 0.25) is 0 Å². The van der Waals surface area contributed by atoms with Crippen molar-refractivity contribution in [3.05, 3.63) is 18.2 Å². The van der Waals surface area contributed by atoms with Crippen LogP contribution in [0.15, 0.2) is 27.8 Å². The Morgan fingerprint density at radius 2 is 2.07 bits per heavy atom. The summed E-state index contributed by atoms with van der Waals surface area (Å²) in [4.78, 5) is 25.6. The van der Waals surface area contributed by atoms with Gasteiger partial charge in [-0.25, -0.2) is 0 Å². The normalized spacial score (nSPS) is 18.5. The number of hydrogen-bond acceptors (Lipinski definition) is 8. The summed E-state index contributed by atoms with van der Waals surface area (Å²) in [6, 6.07) is 4.81. The van der Waals surface area contributed by atoms with E-state index in [-0.39, 0.29) is 23.7 Å². The Kier molecular flexibility index (Phi) is 4.88. The molecule has 0 spiro atoms. The minimum atomic E-state index is -0.529. The zero-order chi connectivity index (χ0) is 18.8. The predicted octanol–water partition coefficient (Wildman–Crippen LogP) is 1.42. The number of piperidine rings is 1. The Morgan fingerprint density at radius 1 is 1.22 bits per heavy atom. The first kappa shape index (κ1) is 17.7. The minimum absolute atomic E-state index is 0.104. The highest BCUT2D eigenvalue weighted by molar-refractivity contribution is 7.99. The molecule has 142 valence electrons. The molecule has 2 aliphatic rings. The zero-order valence-corrected chi connectivity index (χ0v) is 15.2. The predicted molar refractivity (Wildman–Crippen MR) is 95.1 cm³/mol. The summed E-state index contributed by atoms with van der Waals surface area (Å²) in [5, 5.41) is 8.26. The third-order valence-electron chi connectivity index (χ3n) is 4.50.